The van der Waals surface area contributed by atoms with Crippen LogP contribution in [0.5, 0.6) is 5.75 Å². The number of carbonyl (C=O) groups excluding carboxylic acids is 1. The summed E-state index contributed by atoms with van der Waals surface area (Å²) >= 11 is 9.02. The predicted octanol–water partition coefficient (Wildman–Crippen LogP) is 3.49. The van der Waals surface area contributed by atoms with Crippen molar-refractivity contribution >= 4 is 44.8 Å². The molecule has 21 heavy (non-hydrogen) atoms. The van der Waals surface area contributed by atoms with Gasteiger partial charge in [0.25, 0.3) is 0 Å². The first-order chi connectivity index (χ1) is 10.0. The van der Waals surface area contributed by atoms with Crippen molar-refractivity contribution in [3.05, 3.63) is 46.2 Å². The average Bonchev–Trinajstić information content (AvgIpc) is 2.45. The van der Waals surface area contributed by atoms with Gasteiger partial charge in [-0.05, 0) is 46.3 Å². The Morgan fingerprint density at radius 1 is 1.38 bits per heavy atom. The van der Waals surface area contributed by atoms with Crippen LogP contribution >= 0.6 is 27.5 Å². The highest BCUT2D eigenvalue weighted by molar-refractivity contribution is 9.10. The van der Waals surface area contributed by atoms with Gasteiger partial charge in [-0.25, -0.2) is 4.98 Å². The van der Waals surface area contributed by atoms with E-state index in [1.165, 1.54) is 6.20 Å². The zero-order valence-electron chi connectivity index (χ0n) is 11.0. The number of hydrogen-bond acceptors (Lipinski definition) is 4. The highest BCUT2D eigenvalue weighted by Crippen LogP contribution is 2.22. The normalized spacial score (nSPS) is 10.2. The fourth-order valence-corrected chi connectivity index (χ4v) is 1.99. The summed E-state index contributed by atoms with van der Waals surface area (Å²) < 4.78 is 6.07. The highest BCUT2D eigenvalue weighted by Gasteiger charge is 2.05. The van der Waals surface area contributed by atoms with E-state index in [4.69, 9.17) is 22.1 Å². The Bertz CT molecular complexity index is 635. The molecule has 0 bridgehead atoms. The Hall–Kier alpha value is -1.79. The minimum Gasteiger partial charge on any atom is -0.493 e. The van der Waals surface area contributed by atoms with E-state index in [0.29, 0.717) is 26.8 Å². The molecular weight excluding hydrogens is 358 g/mol. The minimum absolute atomic E-state index is 0.165. The smallest absolute Gasteiger partial charge is 0.227 e. The number of halogens is 2. The van der Waals surface area contributed by atoms with Crippen molar-refractivity contribution in [3.8, 4) is 5.75 Å². The molecule has 0 aliphatic carbocycles. The first-order valence-corrected chi connectivity index (χ1v) is 7.31. The highest BCUT2D eigenvalue weighted by atomic mass is 79.9. The number of hydrogen-bond donors (Lipinski definition) is 2. The van der Waals surface area contributed by atoms with Gasteiger partial charge in [0.1, 0.15) is 10.9 Å². The number of ether oxygens (including phenoxy) is 1. The fraction of sp³-hybridized carbons (Fsp3) is 0.143. The minimum atomic E-state index is -0.165. The van der Waals surface area contributed by atoms with Crippen LogP contribution in [0.3, 0.4) is 0 Å². The number of pyridine rings is 1. The van der Waals surface area contributed by atoms with Gasteiger partial charge >= 0.3 is 0 Å². The summed E-state index contributed by atoms with van der Waals surface area (Å²) in [6.07, 6.45) is 1.72. The lowest BCUT2D eigenvalue weighted by Crippen LogP contribution is -2.15. The van der Waals surface area contributed by atoms with Crippen LogP contribution in [0.15, 0.2) is 41.0 Å². The van der Waals surface area contributed by atoms with E-state index in [1.54, 1.807) is 30.3 Å². The van der Waals surface area contributed by atoms with Gasteiger partial charge in [-0.15, -0.1) is 0 Å². The second-order valence-corrected chi connectivity index (χ2v) is 5.42. The molecule has 0 aliphatic heterocycles. The number of nitrogens with zero attached hydrogens (tertiary/aromatic N) is 1. The van der Waals surface area contributed by atoms with Crippen molar-refractivity contribution < 1.29 is 9.53 Å². The van der Waals surface area contributed by atoms with Crippen LogP contribution < -0.4 is 15.8 Å². The number of carbonyl (C=O) groups is 1. The molecule has 0 radical (unpaired) electrons. The molecule has 2 aromatic rings. The molecule has 0 unspecified atom stereocenters. The van der Waals surface area contributed by atoms with E-state index >= 15 is 0 Å². The molecule has 7 heteroatoms. The quantitative estimate of drug-likeness (QED) is 0.624. The summed E-state index contributed by atoms with van der Waals surface area (Å²) in [7, 11) is 0. The molecule has 1 heterocycles. The molecule has 110 valence electrons. The standard InChI is InChI=1S/C14H13BrClN3O2/c15-12-7-10(8-18-14(12)16)19-13(20)5-6-21-11-3-1-9(17)2-4-11/h1-4,7-8H,5-6,17H2,(H,19,20). The summed E-state index contributed by atoms with van der Waals surface area (Å²) in [5.74, 6) is 0.509. The van der Waals surface area contributed by atoms with Gasteiger partial charge < -0.3 is 15.8 Å². The molecule has 0 aliphatic rings. The summed E-state index contributed by atoms with van der Waals surface area (Å²) in [6.45, 7) is 0.276. The van der Waals surface area contributed by atoms with Gasteiger partial charge in [-0.3, -0.25) is 4.79 Å². The van der Waals surface area contributed by atoms with Gasteiger partial charge in [0.15, 0.2) is 0 Å². The van der Waals surface area contributed by atoms with E-state index in [1.807, 2.05) is 0 Å². The second-order valence-electron chi connectivity index (χ2n) is 4.21. The molecule has 1 aromatic carbocycles. The summed E-state index contributed by atoms with van der Waals surface area (Å²) in [5.41, 5.74) is 6.81. The van der Waals surface area contributed by atoms with Crippen molar-refractivity contribution in [3.63, 3.8) is 0 Å². The van der Waals surface area contributed by atoms with Crippen LogP contribution in [0, 0.1) is 0 Å². The fourth-order valence-electron chi connectivity index (χ4n) is 1.54. The first kappa shape index (κ1) is 15.6. The van der Waals surface area contributed by atoms with Gasteiger partial charge in [0, 0.05) is 5.69 Å². The van der Waals surface area contributed by atoms with Crippen LogP contribution in [-0.4, -0.2) is 17.5 Å². The number of nitrogen functional groups attached to an aromatic ring is 1. The zero-order chi connectivity index (χ0) is 15.2. The third-order valence-corrected chi connectivity index (χ3v) is 3.69. The molecule has 1 aromatic heterocycles. The van der Waals surface area contributed by atoms with Crippen LogP contribution in [0.4, 0.5) is 11.4 Å². The molecule has 0 saturated heterocycles. The van der Waals surface area contributed by atoms with Gasteiger partial charge in [-0.1, -0.05) is 11.6 Å². The van der Waals surface area contributed by atoms with Crippen molar-refractivity contribution in [2.75, 3.05) is 17.7 Å². The third kappa shape index (κ3) is 4.91. The Kier molecular flexibility index (Phi) is 5.41. The van der Waals surface area contributed by atoms with E-state index < -0.39 is 0 Å². The number of benzene rings is 1. The number of rotatable bonds is 5. The predicted molar refractivity (Wildman–Crippen MR) is 86.5 cm³/mol. The SMILES string of the molecule is Nc1ccc(OCCC(=O)Nc2cnc(Cl)c(Br)c2)cc1. The number of anilines is 2. The number of nitrogens with one attached hydrogen (secondary N) is 1. The molecule has 0 spiro atoms. The van der Waals surface area contributed by atoms with Crippen molar-refractivity contribution in [1.82, 2.24) is 4.98 Å². The topological polar surface area (TPSA) is 77.2 Å². The Balaban J connectivity index is 1.79. The molecule has 0 fully saturated rings. The number of aromatic nitrogens is 1. The van der Waals surface area contributed by atoms with Gasteiger partial charge in [-0.2, -0.15) is 0 Å². The summed E-state index contributed by atoms with van der Waals surface area (Å²) in [5, 5.41) is 3.06. The lowest BCUT2D eigenvalue weighted by atomic mass is 10.3. The lowest BCUT2D eigenvalue weighted by Gasteiger charge is -2.08. The van der Waals surface area contributed by atoms with E-state index in [-0.39, 0.29) is 18.9 Å². The van der Waals surface area contributed by atoms with Gasteiger partial charge in [0.05, 0.1) is 29.4 Å². The number of amides is 1. The Morgan fingerprint density at radius 3 is 2.76 bits per heavy atom. The van der Waals surface area contributed by atoms with Crippen LogP contribution in [-0.2, 0) is 4.79 Å². The number of nitrogens with two attached hydrogens (primary N) is 1. The molecule has 5 nitrogen and oxygen atoms in total. The molecule has 0 atom stereocenters. The zero-order valence-corrected chi connectivity index (χ0v) is 13.3. The van der Waals surface area contributed by atoms with Crippen molar-refractivity contribution in [2.45, 2.75) is 6.42 Å². The molecule has 1 amide bonds. The first-order valence-electron chi connectivity index (χ1n) is 6.14. The summed E-state index contributed by atoms with van der Waals surface area (Å²) in [6, 6.07) is 8.69. The van der Waals surface area contributed by atoms with E-state index in [9.17, 15) is 4.79 Å². The van der Waals surface area contributed by atoms with E-state index in [2.05, 4.69) is 26.2 Å². The van der Waals surface area contributed by atoms with Crippen LogP contribution in [0.25, 0.3) is 0 Å². The largest absolute Gasteiger partial charge is 0.493 e. The molecule has 2 rings (SSSR count). The average molecular weight is 371 g/mol. The molecule has 3 N–H and O–H groups in total. The van der Waals surface area contributed by atoms with Crippen LogP contribution in [0.1, 0.15) is 6.42 Å². The maximum atomic E-state index is 11.8. The van der Waals surface area contributed by atoms with Crippen LogP contribution in [0.2, 0.25) is 5.15 Å². The molecule has 0 saturated carbocycles. The maximum absolute atomic E-state index is 11.8. The monoisotopic (exact) mass is 369 g/mol. The Morgan fingerprint density at radius 2 is 2.10 bits per heavy atom. The van der Waals surface area contributed by atoms with E-state index in [0.717, 1.165) is 0 Å². The second kappa shape index (κ2) is 7.28. The summed E-state index contributed by atoms with van der Waals surface area (Å²) in [4.78, 5) is 15.7. The van der Waals surface area contributed by atoms with Gasteiger partial charge in [0.2, 0.25) is 5.91 Å². The lowest BCUT2D eigenvalue weighted by molar-refractivity contribution is -0.116. The molecular formula is C14H13BrClN3O2. The third-order valence-electron chi connectivity index (χ3n) is 2.56. The van der Waals surface area contributed by atoms with Crippen molar-refractivity contribution in [2.24, 2.45) is 0 Å². The Labute approximate surface area is 135 Å². The van der Waals surface area contributed by atoms with Crippen molar-refractivity contribution in [1.29, 1.82) is 0 Å². The maximum Gasteiger partial charge on any atom is 0.227 e.